The maximum Gasteiger partial charge on any atom is 0.135 e. The quantitative estimate of drug-likeness (QED) is 0.156. The number of hydrogen-bond donors (Lipinski definition) is 0. The van der Waals surface area contributed by atoms with E-state index in [1.807, 2.05) is 90.4 Å². The van der Waals surface area contributed by atoms with Gasteiger partial charge in [0.25, 0.3) is 0 Å². The molecule has 6 nitrogen and oxygen atoms in total. The zero-order valence-electron chi connectivity index (χ0n) is 33.6. The Hall–Kier alpha value is -4.93. The topological polar surface area (TPSA) is 46.4 Å². The van der Waals surface area contributed by atoms with Gasteiger partial charge in [-0.1, -0.05) is 101 Å². The number of ether oxygens (including phenoxy) is 1. The van der Waals surface area contributed by atoms with Gasteiger partial charge in [-0.25, -0.2) is 4.98 Å². The van der Waals surface area contributed by atoms with E-state index in [0.717, 1.165) is 44.6 Å². The predicted octanol–water partition coefficient (Wildman–Crippen LogP) is 10.3. The number of benzene rings is 4. The Morgan fingerprint density at radius 2 is 1.54 bits per heavy atom. The van der Waals surface area contributed by atoms with Crippen molar-refractivity contribution in [3.05, 3.63) is 151 Å². The number of hydrogen-bond acceptors (Lipinski definition) is 5. The number of rotatable bonds is 6. The summed E-state index contributed by atoms with van der Waals surface area (Å²) in [5.41, 5.74) is 4.78. The maximum atomic E-state index is 8.80. The van der Waals surface area contributed by atoms with E-state index in [0.29, 0.717) is 17.1 Å². The Bertz CT molecular complexity index is 2610. The summed E-state index contributed by atoms with van der Waals surface area (Å²) in [6.45, 7) is 12.1. The van der Waals surface area contributed by atoms with Crippen LogP contribution >= 0.6 is 0 Å². The zero-order chi connectivity index (χ0) is 38.3. The van der Waals surface area contributed by atoms with Gasteiger partial charge in [-0.05, 0) is 65.0 Å². The van der Waals surface area contributed by atoms with E-state index in [1.165, 1.54) is 0 Å². The minimum absolute atomic E-state index is 0. The molecule has 8 rings (SSSR count). The third-order valence-corrected chi connectivity index (χ3v) is 9.17. The Morgan fingerprint density at radius 3 is 2.32 bits per heavy atom. The zero-order valence-corrected chi connectivity index (χ0v) is 30.9. The summed E-state index contributed by atoms with van der Waals surface area (Å²) < 4.78 is 51.2. The maximum absolute atomic E-state index is 8.80. The average Bonchev–Trinajstić information content (AvgIpc) is 3.67. The van der Waals surface area contributed by atoms with Crippen molar-refractivity contribution in [3.8, 4) is 17.4 Å². The smallest absolute Gasteiger partial charge is 0.135 e. The van der Waals surface area contributed by atoms with Gasteiger partial charge < -0.3 is 19.1 Å². The molecule has 254 valence electrons. The summed E-state index contributed by atoms with van der Waals surface area (Å²) in [7, 11) is 1.96. The van der Waals surface area contributed by atoms with Crippen LogP contribution in [0.5, 0.6) is 11.6 Å². The molecule has 0 atom stereocenters. The van der Waals surface area contributed by atoms with Crippen LogP contribution in [0.4, 0.5) is 17.1 Å². The SMILES string of the molecule is [2H]c1c([2H])c([2H])c(C(C)(C)c2cc(N3[CH-]N(C)c4ccccc43)[c-]c(Oc3[c-]c4c(cc3)c3ccccc3n4-c3cc(C(C)(C)C)ccn3)n2)c([2H])c1[2H].[Pt]. The van der Waals surface area contributed by atoms with Crippen LogP contribution in [0.15, 0.2) is 115 Å². The van der Waals surface area contributed by atoms with Crippen LogP contribution in [0.2, 0.25) is 0 Å². The van der Waals surface area contributed by atoms with Crippen LogP contribution in [-0.4, -0.2) is 21.6 Å². The largest absolute Gasteiger partial charge is 0.504 e. The van der Waals surface area contributed by atoms with Gasteiger partial charge in [0.15, 0.2) is 0 Å². The fourth-order valence-electron chi connectivity index (χ4n) is 6.37. The van der Waals surface area contributed by atoms with Crippen molar-refractivity contribution in [1.82, 2.24) is 14.5 Å². The minimum Gasteiger partial charge on any atom is -0.504 e. The van der Waals surface area contributed by atoms with Gasteiger partial charge in [-0.15, -0.1) is 17.5 Å². The third kappa shape index (κ3) is 5.86. The molecular weight excluding hydrogens is 798 g/mol. The van der Waals surface area contributed by atoms with E-state index in [2.05, 4.69) is 55.7 Å². The first kappa shape index (κ1) is 27.8. The number of pyridine rings is 2. The molecule has 0 saturated heterocycles. The van der Waals surface area contributed by atoms with E-state index < -0.39 is 23.5 Å². The first-order chi connectivity index (χ1) is 25.6. The summed E-state index contributed by atoms with van der Waals surface area (Å²) in [6, 6.07) is 31.1. The number of aromatic nitrogens is 3. The number of para-hydroxylation sites is 3. The molecule has 7 aromatic rings. The Labute approximate surface area is 315 Å². The van der Waals surface area contributed by atoms with E-state index in [-0.39, 0.29) is 50.0 Å². The molecule has 1 aliphatic heterocycles. The summed E-state index contributed by atoms with van der Waals surface area (Å²) in [5.74, 6) is 1.30. The fourth-order valence-corrected chi connectivity index (χ4v) is 6.37. The molecule has 4 aromatic carbocycles. The first-order valence-corrected chi connectivity index (χ1v) is 16.2. The molecule has 0 aliphatic carbocycles. The van der Waals surface area contributed by atoms with Gasteiger partial charge in [-0.3, -0.25) is 4.98 Å². The molecule has 0 amide bonds. The molecule has 7 heteroatoms. The van der Waals surface area contributed by atoms with Crippen molar-refractivity contribution >= 4 is 38.9 Å². The van der Waals surface area contributed by atoms with Gasteiger partial charge in [0.05, 0.1) is 6.85 Å². The fraction of sp³-hybridized carbons (Fsp3) is 0.186. The number of anilines is 3. The standard InChI is InChI=1S/C43H38N5O.Pt/c1-42(2,3)30-22-23-44-40(24-30)48-35-17-11-10-16-33(35)34-21-20-32(27-38(34)48)49-41-26-31(47-28-46(6)36-18-12-13-19-37(36)47)25-39(45-41)43(4,5)29-14-8-7-9-15-29;/h7-25,28H,1-6H3;/q-3;/i7D,8D,9D,14D,15D;. The van der Waals surface area contributed by atoms with Gasteiger partial charge in [-0.2, -0.15) is 30.6 Å². The van der Waals surface area contributed by atoms with Crippen molar-refractivity contribution in [1.29, 1.82) is 0 Å². The molecule has 0 fully saturated rings. The van der Waals surface area contributed by atoms with Crippen molar-refractivity contribution in [2.45, 2.75) is 45.4 Å². The van der Waals surface area contributed by atoms with E-state index in [1.54, 1.807) is 13.8 Å². The Balaban J connectivity index is 0.00000465. The van der Waals surface area contributed by atoms with Gasteiger partial charge in [0.2, 0.25) is 0 Å². The molecule has 50 heavy (non-hydrogen) atoms. The average molecular weight is 841 g/mol. The van der Waals surface area contributed by atoms with Crippen LogP contribution in [0.25, 0.3) is 27.6 Å². The summed E-state index contributed by atoms with van der Waals surface area (Å²) in [5, 5.41) is 2.04. The van der Waals surface area contributed by atoms with Crippen LogP contribution in [0.1, 0.15) is 58.3 Å². The van der Waals surface area contributed by atoms with Crippen LogP contribution in [-0.2, 0) is 31.9 Å². The second kappa shape index (κ2) is 12.8. The number of nitrogens with zero attached hydrogens (tertiary/aromatic N) is 5. The van der Waals surface area contributed by atoms with E-state index in [4.69, 9.17) is 21.6 Å². The van der Waals surface area contributed by atoms with Crippen LogP contribution in [0, 0.1) is 18.8 Å². The molecule has 0 unspecified atom stereocenters. The monoisotopic (exact) mass is 840 g/mol. The molecule has 0 radical (unpaired) electrons. The third-order valence-electron chi connectivity index (χ3n) is 9.17. The van der Waals surface area contributed by atoms with Gasteiger partial charge in [0.1, 0.15) is 11.7 Å². The Kier molecular flexibility index (Phi) is 7.10. The molecular formula is C43H38N5OPt-3. The van der Waals surface area contributed by atoms with Crippen molar-refractivity contribution in [2.24, 2.45) is 0 Å². The second-order valence-corrected chi connectivity index (χ2v) is 13.9. The van der Waals surface area contributed by atoms with Crippen molar-refractivity contribution in [2.75, 3.05) is 16.8 Å². The van der Waals surface area contributed by atoms with Gasteiger partial charge >= 0.3 is 0 Å². The minimum atomic E-state index is -1.15. The van der Waals surface area contributed by atoms with Crippen LogP contribution in [0.3, 0.4) is 0 Å². The molecule has 0 bridgehead atoms. The predicted molar refractivity (Wildman–Crippen MR) is 199 cm³/mol. The Morgan fingerprint density at radius 1 is 0.800 bits per heavy atom. The molecule has 4 heterocycles. The molecule has 0 saturated carbocycles. The normalized spacial score (nSPS) is 14.5. The van der Waals surface area contributed by atoms with Crippen LogP contribution < -0.4 is 14.5 Å². The molecule has 0 spiro atoms. The van der Waals surface area contributed by atoms with E-state index >= 15 is 0 Å². The van der Waals surface area contributed by atoms with Gasteiger partial charge in [0, 0.05) is 55.3 Å². The molecule has 1 aliphatic rings. The summed E-state index contributed by atoms with van der Waals surface area (Å²) >= 11 is 0. The number of fused-ring (bicyclic) bond motifs is 4. The summed E-state index contributed by atoms with van der Waals surface area (Å²) in [4.78, 5) is 13.7. The van der Waals surface area contributed by atoms with E-state index in [9.17, 15) is 0 Å². The second-order valence-electron chi connectivity index (χ2n) is 13.9. The first-order valence-electron chi connectivity index (χ1n) is 18.7. The molecule has 3 aromatic heterocycles. The molecule has 0 N–H and O–H groups in total. The van der Waals surface area contributed by atoms with Crippen molar-refractivity contribution < 1.29 is 32.7 Å². The van der Waals surface area contributed by atoms with Crippen molar-refractivity contribution in [3.63, 3.8) is 0 Å². The summed E-state index contributed by atoms with van der Waals surface area (Å²) in [6.07, 6.45) is 1.84.